The first-order valence-electron chi connectivity index (χ1n) is 7.98. The molecule has 21 heavy (non-hydrogen) atoms. The van der Waals surface area contributed by atoms with Crippen molar-refractivity contribution in [2.24, 2.45) is 5.92 Å². The van der Waals surface area contributed by atoms with Gasteiger partial charge in [0.25, 0.3) is 0 Å². The van der Waals surface area contributed by atoms with Crippen molar-refractivity contribution < 1.29 is 9.47 Å². The van der Waals surface area contributed by atoms with Crippen molar-refractivity contribution >= 4 is 0 Å². The molecule has 1 N–H and O–H groups in total. The monoisotopic (exact) mass is 291 g/mol. The van der Waals surface area contributed by atoms with Gasteiger partial charge in [-0.2, -0.15) is 0 Å². The molecular formula is C18H29NO2. The largest absolute Gasteiger partial charge is 0.497 e. The first-order valence-corrected chi connectivity index (χ1v) is 7.98. The number of methoxy groups -OCH3 is 1. The fraction of sp³-hybridized carbons (Fsp3) is 0.667. The summed E-state index contributed by atoms with van der Waals surface area (Å²) < 4.78 is 11.5. The van der Waals surface area contributed by atoms with Crippen LogP contribution in [0.3, 0.4) is 0 Å². The third-order valence-electron chi connectivity index (χ3n) is 4.30. The summed E-state index contributed by atoms with van der Waals surface area (Å²) in [5, 5.41) is 3.32. The predicted molar refractivity (Wildman–Crippen MR) is 86.9 cm³/mol. The molecule has 0 radical (unpaired) electrons. The van der Waals surface area contributed by atoms with Crippen LogP contribution in [-0.2, 0) is 11.2 Å². The molecule has 2 rings (SSSR count). The molecule has 0 aliphatic carbocycles. The lowest BCUT2D eigenvalue weighted by Crippen LogP contribution is -2.27. The van der Waals surface area contributed by atoms with E-state index in [1.165, 1.54) is 18.4 Å². The highest BCUT2D eigenvalue weighted by Gasteiger charge is 2.32. The van der Waals surface area contributed by atoms with Crippen LogP contribution in [0.1, 0.15) is 38.7 Å². The van der Waals surface area contributed by atoms with Gasteiger partial charge in [0.2, 0.25) is 0 Å². The van der Waals surface area contributed by atoms with Crippen molar-refractivity contribution in [1.29, 1.82) is 0 Å². The van der Waals surface area contributed by atoms with Gasteiger partial charge in [0.05, 0.1) is 18.8 Å². The Balaban J connectivity index is 1.95. The van der Waals surface area contributed by atoms with Gasteiger partial charge in [0.15, 0.2) is 0 Å². The SMILES string of the molecule is CNCC(Cc1cccc(OC)c1)CC1CCC(C)(C)O1. The van der Waals surface area contributed by atoms with Gasteiger partial charge in [0, 0.05) is 0 Å². The Hall–Kier alpha value is -1.06. The molecule has 1 saturated heterocycles. The Labute approximate surface area is 129 Å². The zero-order valence-electron chi connectivity index (χ0n) is 13.8. The predicted octanol–water partition coefficient (Wildman–Crippen LogP) is 3.42. The van der Waals surface area contributed by atoms with Gasteiger partial charge in [-0.25, -0.2) is 0 Å². The maximum absolute atomic E-state index is 6.16. The van der Waals surface area contributed by atoms with E-state index in [0.717, 1.165) is 25.1 Å². The fourth-order valence-corrected chi connectivity index (χ4v) is 3.28. The minimum atomic E-state index is 0.0603. The third kappa shape index (κ3) is 5.01. The zero-order chi connectivity index (χ0) is 15.3. The lowest BCUT2D eigenvalue weighted by molar-refractivity contribution is -0.0243. The molecule has 2 unspecified atom stereocenters. The van der Waals surface area contributed by atoms with Crippen molar-refractivity contribution in [3.8, 4) is 5.75 Å². The normalized spacial score (nSPS) is 22.2. The standard InChI is InChI=1S/C18H29NO2/c1-18(2)9-8-17(21-18)12-15(13-19-3)10-14-6-5-7-16(11-14)20-4/h5-7,11,15,17,19H,8-10,12-13H2,1-4H3. The molecule has 1 heterocycles. The maximum Gasteiger partial charge on any atom is 0.119 e. The molecule has 0 aromatic heterocycles. The van der Waals surface area contributed by atoms with Crippen LogP contribution in [0.25, 0.3) is 0 Å². The van der Waals surface area contributed by atoms with Crippen LogP contribution >= 0.6 is 0 Å². The van der Waals surface area contributed by atoms with E-state index in [0.29, 0.717) is 12.0 Å². The van der Waals surface area contributed by atoms with Crippen LogP contribution in [0.4, 0.5) is 0 Å². The topological polar surface area (TPSA) is 30.5 Å². The quantitative estimate of drug-likeness (QED) is 0.835. The Kier molecular flexibility index (Phi) is 5.65. The first-order chi connectivity index (χ1) is 10.0. The van der Waals surface area contributed by atoms with Gasteiger partial charge in [-0.1, -0.05) is 12.1 Å². The summed E-state index contributed by atoms with van der Waals surface area (Å²) in [5.74, 6) is 1.54. The van der Waals surface area contributed by atoms with Crippen molar-refractivity contribution in [1.82, 2.24) is 5.32 Å². The Morgan fingerprint density at radius 2 is 2.24 bits per heavy atom. The van der Waals surface area contributed by atoms with Crippen molar-refractivity contribution in [3.05, 3.63) is 29.8 Å². The second kappa shape index (κ2) is 7.28. The van der Waals surface area contributed by atoms with E-state index in [1.54, 1.807) is 7.11 Å². The van der Waals surface area contributed by atoms with Gasteiger partial charge in [-0.05, 0) is 76.7 Å². The Morgan fingerprint density at radius 1 is 1.43 bits per heavy atom. The zero-order valence-corrected chi connectivity index (χ0v) is 13.8. The number of nitrogens with one attached hydrogen (secondary N) is 1. The summed E-state index contributed by atoms with van der Waals surface area (Å²) in [6.07, 6.45) is 4.96. The average Bonchev–Trinajstić information content (AvgIpc) is 2.78. The van der Waals surface area contributed by atoms with Crippen molar-refractivity contribution in [2.45, 2.75) is 51.2 Å². The second-order valence-electron chi connectivity index (χ2n) is 6.75. The molecule has 3 heteroatoms. The van der Waals surface area contributed by atoms with Gasteiger partial charge >= 0.3 is 0 Å². The molecule has 0 bridgehead atoms. The summed E-state index contributed by atoms with van der Waals surface area (Å²) in [6, 6.07) is 8.39. The molecule has 1 aliphatic heterocycles. The summed E-state index contributed by atoms with van der Waals surface area (Å²) >= 11 is 0. The van der Waals surface area contributed by atoms with Crippen LogP contribution in [0, 0.1) is 5.92 Å². The summed E-state index contributed by atoms with van der Waals surface area (Å²) in [7, 11) is 3.75. The van der Waals surface area contributed by atoms with E-state index in [4.69, 9.17) is 9.47 Å². The van der Waals surface area contributed by atoms with Crippen LogP contribution in [0.5, 0.6) is 5.75 Å². The highest BCUT2D eigenvalue weighted by Crippen LogP contribution is 2.33. The Bertz CT molecular complexity index is 445. The lowest BCUT2D eigenvalue weighted by Gasteiger charge is -2.23. The molecule has 1 aromatic rings. The number of hydrogen-bond donors (Lipinski definition) is 1. The summed E-state index contributed by atoms with van der Waals surface area (Å²) in [6.45, 7) is 5.42. The molecule has 0 saturated carbocycles. The van der Waals surface area contributed by atoms with Crippen LogP contribution in [0.2, 0.25) is 0 Å². The number of benzene rings is 1. The second-order valence-corrected chi connectivity index (χ2v) is 6.75. The Morgan fingerprint density at radius 3 is 2.86 bits per heavy atom. The average molecular weight is 291 g/mol. The molecule has 2 atom stereocenters. The minimum Gasteiger partial charge on any atom is -0.497 e. The molecular weight excluding hydrogens is 262 g/mol. The molecule has 0 spiro atoms. The molecule has 1 aliphatic rings. The van der Waals surface area contributed by atoms with E-state index in [1.807, 2.05) is 13.1 Å². The number of ether oxygens (including phenoxy) is 2. The van der Waals surface area contributed by atoms with Gasteiger partial charge in [-0.3, -0.25) is 0 Å². The van der Waals surface area contributed by atoms with Crippen molar-refractivity contribution in [3.63, 3.8) is 0 Å². The van der Waals surface area contributed by atoms with Gasteiger partial charge in [-0.15, -0.1) is 0 Å². The highest BCUT2D eigenvalue weighted by atomic mass is 16.5. The van der Waals surface area contributed by atoms with Gasteiger partial charge in [0.1, 0.15) is 5.75 Å². The number of rotatable bonds is 7. The summed E-state index contributed by atoms with van der Waals surface area (Å²) in [4.78, 5) is 0. The molecule has 0 amide bonds. The lowest BCUT2D eigenvalue weighted by atomic mass is 9.92. The highest BCUT2D eigenvalue weighted by molar-refractivity contribution is 5.28. The molecule has 1 fully saturated rings. The van der Waals surface area contributed by atoms with E-state index in [2.05, 4.69) is 37.4 Å². The molecule has 118 valence electrons. The smallest absolute Gasteiger partial charge is 0.119 e. The van der Waals surface area contributed by atoms with Crippen molar-refractivity contribution in [2.75, 3.05) is 20.7 Å². The van der Waals surface area contributed by atoms with E-state index in [-0.39, 0.29) is 5.60 Å². The van der Waals surface area contributed by atoms with Gasteiger partial charge < -0.3 is 14.8 Å². The summed E-state index contributed by atoms with van der Waals surface area (Å²) in [5.41, 5.74) is 1.40. The van der Waals surface area contributed by atoms with Crippen LogP contribution in [0.15, 0.2) is 24.3 Å². The third-order valence-corrected chi connectivity index (χ3v) is 4.30. The van der Waals surface area contributed by atoms with Crippen LogP contribution in [-0.4, -0.2) is 32.4 Å². The maximum atomic E-state index is 6.16. The van der Waals surface area contributed by atoms with E-state index < -0.39 is 0 Å². The van der Waals surface area contributed by atoms with E-state index >= 15 is 0 Å². The van der Waals surface area contributed by atoms with E-state index in [9.17, 15) is 0 Å². The molecule has 3 nitrogen and oxygen atoms in total. The van der Waals surface area contributed by atoms with Crippen LogP contribution < -0.4 is 10.1 Å². The first kappa shape index (κ1) is 16.3. The number of hydrogen-bond acceptors (Lipinski definition) is 3. The minimum absolute atomic E-state index is 0.0603. The molecule has 1 aromatic carbocycles. The fourth-order valence-electron chi connectivity index (χ4n) is 3.28.